The summed E-state index contributed by atoms with van der Waals surface area (Å²) < 4.78 is 0. The van der Waals surface area contributed by atoms with Crippen LogP contribution in [0.1, 0.15) is 24.8 Å². The van der Waals surface area contributed by atoms with Crippen LogP contribution in [0.3, 0.4) is 0 Å². The zero-order valence-corrected chi connectivity index (χ0v) is 11.6. The minimum Gasteiger partial charge on any atom is -0.481 e. The highest BCUT2D eigenvalue weighted by molar-refractivity contribution is 5.86. The van der Waals surface area contributed by atoms with Crippen molar-refractivity contribution < 1.29 is 9.90 Å². The Labute approximate surface area is 118 Å². The summed E-state index contributed by atoms with van der Waals surface area (Å²) in [5.41, 5.74) is 1.69. The predicted molar refractivity (Wildman–Crippen MR) is 81.1 cm³/mol. The number of aryl methyl sites for hydroxylation is 1. The molecule has 0 bridgehead atoms. The third kappa shape index (κ3) is 2.24. The van der Waals surface area contributed by atoms with E-state index in [1.165, 1.54) is 16.3 Å². The van der Waals surface area contributed by atoms with E-state index < -0.39 is 11.4 Å². The Balaban J connectivity index is 1.78. The Morgan fingerprint density at radius 3 is 2.55 bits per heavy atom. The summed E-state index contributed by atoms with van der Waals surface area (Å²) in [5.74, 6) is -0.673. The molecule has 3 nitrogen and oxygen atoms in total. The lowest BCUT2D eigenvalue weighted by Gasteiger charge is -2.37. The van der Waals surface area contributed by atoms with Crippen LogP contribution in [0.2, 0.25) is 0 Å². The van der Waals surface area contributed by atoms with E-state index >= 15 is 0 Å². The molecule has 0 unspecified atom stereocenters. The van der Waals surface area contributed by atoms with E-state index in [1.54, 1.807) is 0 Å². The van der Waals surface area contributed by atoms with Crippen LogP contribution in [-0.2, 0) is 4.79 Å². The van der Waals surface area contributed by atoms with Crippen molar-refractivity contribution in [1.29, 1.82) is 0 Å². The SMILES string of the molecule is Cc1ccc2cc(NCC3(C(=O)O)CCC3)ccc2c1. The monoisotopic (exact) mass is 269 g/mol. The molecule has 2 aromatic rings. The van der Waals surface area contributed by atoms with Crippen molar-refractivity contribution in [2.24, 2.45) is 5.41 Å². The zero-order valence-electron chi connectivity index (χ0n) is 11.6. The highest BCUT2D eigenvalue weighted by atomic mass is 16.4. The Hall–Kier alpha value is -2.03. The number of benzene rings is 2. The number of carbonyl (C=O) groups is 1. The summed E-state index contributed by atoms with van der Waals surface area (Å²) in [7, 11) is 0. The quantitative estimate of drug-likeness (QED) is 0.887. The number of carboxylic acids is 1. The molecule has 3 heteroatoms. The maximum atomic E-state index is 11.3. The Morgan fingerprint density at radius 1 is 1.20 bits per heavy atom. The number of anilines is 1. The van der Waals surface area contributed by atoms with Gasteiger partial charge in [-0.2, -0.15) is 0 Å². The average molecular weight is 269 g/mol. The van der Waals surface area contributed by atoms with Gasteiger partial charge in [-0.1, -0.05) is 36.2 Å². The van der Waals surface area contributed by atoms with E-state index in [-0.39, 0.29) is 0 Å². The number of hydrogen-bond donors (Lipinski definition) is 2. The zero-order chi connectivity index (χ0) is 14.2. The molecule has 1 saturated carbocycles. The van der Waals surface area contributed by atoms with Gasteiger partial charge in [0.1, 0.15) is 0 Å². The van der Waals surface area contributed by atoms with Gasteiger partial charge in [-0.25, -0.2) is 0 Å². The molecule has 0 saturated heterocycles. The molecule has 0 atom stereocenters. The van der Waals surface area contributed by atoms with Gasteiger partial charge in [-0.15, -0.1) is 0 Å². The van der Waals surface area contributed by atoms with Crippen molar-refractivity contribution >= 4 is 22.4 Å². The molecule has 2 aromatic carbocycles. The first-order valence-corrected chi connectivity index (χ1v) is 7.07. The summed E-state index contributed by atoms with van der Waals surface area (Å²) in [6.07, 6.45) is 2.58. The van der Waals surface area contributed by atoms with Crippen LogP contribution in [0.4, 0.5) is 5.69 Å². The van der Waals surface area contributed by atoms with E-state index in [1.807, 2.05) is 6.07 Å². The highest BCUT2D eigenvalue weighted by Crippen LogP contribution is 2.41. The first-order valence-electron chi connectivity index (χ1n) is 7.07. The minimum absolute atomic E-state index is 0.514. The molecule has 104 valence electrons. The summed E-state index contributed by atoms with van der Waals surface area (Å²) in [6, 6.07) is 12.5. The lowest BCUT2D eigenvalue weighted by atomic mass is 9.69. The van der Waals surface area contributed by atoms with Gasteiger partial charge in [0, 0.05) is 12.2 Å². The van der Waals surface area contributed by atoms with Gasteiger partial charge in [0.25, 0.3) is 0 Å². The number of nitrogens with one attached hydrogen (secondary N) is 1. The summed E-state index contributed by atoms with van der Waals surface area (Å²) in [5, 5.41) is 15.0. The van der Waals surface area contributed by atoms with Gasteiger partial charge in [-0.05, 0) is 42.7 Å². The van der Waals surface area contributed by atoms with Crippen molar-refractivity contribution in [2.75, 3.05) is 11.9 Å². The highest BCUT2D eigenvalue weighted by Gasteiger charge is 2.44. The molecule has 1 fully saturated rings. The van der Waals surface area contributed by atoms with Crippen LogP contribution in [0, 0.1) is 12.3 Å². The molecule has 0 heterocycles. The number of rotatable bonds is 4. The van der Waals surface area contributed by atoms with Gasteiger partial charge in [0.2, 0.25) is 0 Å². The average Bonchev–Trinajstić information content (AvgIpc) is 2.37. The minimum atomic E-state index is -0.673. The Morgan fingerprint density at radius 2 is 1.90 bits per heavy atom. The smallest absolute Gasteiger partial charge is 0.311 e. The standard InChI is InChI=1S/C17H19NO2/c1-12-3-4-14-10-15(6-5-13(14)9-12)18-11-17(16(19)20)7-2-8-17/h3-6,9-10,18H,2,7-8,11H2,1H3,(H,19,20). The van der Waals surface area contributed by atoms with Crippen molar-refractivity contribution in [3.05, 3.63) is 42.0 Å². The summed E-state index contributed by atoms with van der Waals surface area (Å²) >= 11 is 0. The fourth-order valence-electron chi connectivity index (χ4n) is 2.82. The van der Waals surface area contributed by atoms with Gasteiger partial charge in [-0.3, -0.25) is 4.79 Å². The Kier molecular flexibility index (Phi) is 3.13. The predicted octanol–water partition coefficient (Wildman–Crippen LogP) is 3.82. The van der Waals surface area contributed by atoms with Crippen LogP contribution in [0.25, 0.3) is 10.8 Å². The molecule has 0 amide bonds. The number of carboxylic acid groups (broad SMARTS) is 1. The molecule has 3 rings (SSSR count). The fraction of sp³-hybridized carbons (Fsp3) is 0.353. The number of hydrogen-bond acceptors (Lipinski definition) is 2. The lowest BCUT2D eigenvalue weighted by Crippen LogP contribution is -2.43. The second kappa shape index (κ2) is 4.82. The van der Waals surface area contributed by atoms with Crippen molar-refractivity contribution in [3.8, 4) is 0 Å². The first kappa shape index (κ1) is 13.0. The van der Waals surface area contributed by atoms with Gasteiger partial charge >= 0.3 is 5.97 Å². The lowest BCUT2D eigenvalue weighted by molar-refractivity contribution is -0.153. The second-order valence-corrected chi connectivity index (χ2v) is 5.86. The molecular weight excluding hydrogens is 250 g/mol. The van der Waals surface area contributed by atoms with E-state index in [9.17, 15) is 9.90 Å². The maximum Gasteiger partial charge on any atom is 0.311 e. The van der Waals surface area contributed by atoms with Crippen LogP contribution < -0.4 is 5.32 Å². The number of aliphatic carboxylic acids is 1. The maximum absolute atomic E-state index is 11.3. The third-order valence-electron chi connectivity index (χ3n) is 4.39. The van der Waals surface area contributed by atoms with Gasteiger partial charge in [0.15, 0.2) is 0 Å². The molecular formula is C17H19NO2. The molecule has 20 heavy (non-hydrogen) atoms. The van der Waals surface area contributed by atoms with Crippen LogP contribution in [-0.4, -0.2) is 17.6 Å². The summed E-state index contributed by atoms with van der Waals surface area (Å²) in [4.78, 5) is 11.3. The normalized spacial score (nSPS) is 16.6. The molecule has 0 aromatic heterocycles. The van der Waals surface area contributed by atoms with E-state index in [0.29, 0.717) is 6.54 Å². The topological polar surface area (TPSA) is 49.3 Å². The van der Waals surface area contributed by atoms with Crippen molar-refractivity contribution in [2.45, 2.75) is 26.2 Å². The van der Waals surface area contributed by atoms with E-state index in [4.69, 9.17) is 0 Å². The van der Waals surface area contributed by atoms with Crippen LogP contribution >= 0.6 is 0 Å². The van der Waals surface area contributed by atoms with Crippen LogP contribution in [0.5, 0.6) is 0 Å². The molecule has 2 N–H and O–H groups in total. The van der Waals surface area contributed by atoms with E-state index in [2.05, 4.69) is 42.6 Å². The molecule has 0 spiro atoms. The third-order valence-corrected chi connectivity index (χ3v) is 4.39. The Bertz CT molecular complexity index is 659. The molecule has 0 radical (unpaired) electrons. The fourth-order valence-corrected chi connectivity index (χ4v) is 2.82. The second-order valence-electron chi connectivity index (χ2n) is 5.86. The first-order chi connectivity index (χ1) is 9.59. The molecule has 1 aliphatic carbocycles. The van der Waals surface area contributed by atoms with Crippen LogP contribution in [0.15, 0.2) is 36.4 Å². The van der Waals surface area contributed by atoms with Gasteiger partial charge < -0.3 is 10.4 Å². The molecule has 1 aliphatic rings. The number of fused-ring (bicyclic) bond motifs is 1. The van der Waals surface area contributed by atoms with Crippen molar-refractivity contribution in [3.63, 3.8) is 0 Å². The van der Waals surface area contributed by atoms with Crippen molar-refractivity contribution in [1.82, 2.24) is 0 Å². The molecule has 0 aliphatic heterocycles. The van der Waals surface area contributed by atoms with E-state index in [0.717, 1.165) is 24.9 Å². The largest absolute Gasteiger partial charge is 0.481 e. The van der Waals surface area contributed by atoms with Gasteiger partial charge in [0.05, 0.1) is 5.41 Å². The summed E-state index contributed by atoms with van der Waals surface area (Å²) in [6.45, 7) is 2.60.